The van der Waals surface area contributed by atoms with E-state index in [1.807, 2.05) is 0 Å². The molecule has 0 atom stereocenters. The van der Waals surface area contributed by atoms with Crippen molar-refractivity contribution in [3.8, 4) is 0 Å². The Balaban J connectivity index is 3.21. The van der Waals surface area contributed by atoms with E-state index in [4.69, 9.17) is 5.73 Å². The van der Waals surface area contributed by atoms with Gasteiger partial charge in [0, 0.05) is 12.5 Å². The summed E-state index contributed by atoms with van der Waals surface area (Å²) in [6.45, 7) is -0.208. The Labute approximate surface area is 81.1 Å². The zero-order valence-electron chi connectivity index (χ0n) is 7.47. The lowest BCUT2D eigenvalue weighted by molar-refractivity contribution is 0.0996. The van der Waals surface area contributed by atoms with Crippen molar-refractivity contribution < 1.29 is 13.2 Å². The van der Waals surface area contributed by atoms with Crippen LogP contribution in [0.2, 0.25) is 0 Å². The quantitative estimate of drug-likeness (QED) is 0.513. The molecule has 76 valence electrons. The van der Waals surface area contributed by atoms with Gasteiger partial charge in [0.15, 0.2) is 5.78 Å². The number of nitrogens with zero attached hydrogens (tertiary/aromatic N) is 2. The first-order chi connectivity index (χ1) is 6.45. The van der Waals surface area contributed by atoms with Crippen molar-refractivity contribution in [3.05, 3.63) is 18.0 Å². The van der Waals surface area contributed by atoms with E-state index in [0.717, 1.165) is 6.26 Å². The molecule has 7 heteroatoms. The van der Waals surface area contributed by atoms with Crippen LogP contribution in [-0.4, -0.2) is 37.0 Å². The van der Waals surface area contributed by atoms with Crippen LogP contribution in [0.1, 0.15) is 10.5 Å². The van der Waals surface area contributed by atoms with Gasteiger partial charge in [-0.05, 0) is 6.07 Å². The van der Waals surface area contributed by atoms with Crippen LogP contribution < -0.4 is 5.73 Å². The monoisotopic (exact) mass is 215 g/mol. The largest absolute Gasteiger partial charge is 0.324 e. The summed E-state index contributed by atoms with van der Waals surface area (Å²) < 4.78 is 22.1. The molecule has 1 aromatic rings. The lowest BCUT2D eigenvalue weighted by atomic mass is 10.3. The van der Waals surface area contributed by atoms with Gasteiger partial charge in [0.1, 0.15) is 5.69 Å². The van der Waals surface area contributed by atoms with Crippen LogP contribution in [0.3, 0.4) is 0 Å². The SMILES string of the molecule is CS(=O)(=O)c1nccc(C(=O)CN)n1. The molecule has 0 aromatic carbocycles. The summed E-state index contributed by atoms with van der Waals surface area (Å²) in [4.78, 5) is 18.2. The van der Waals surface area contributed by atoms with Crippen molar-refractivity contribution in [1.29, 1.82) is 0 Å². The van der Waals surface area contributed by atoms with Crippen molar-refractivity contribution in [1.82, 2.24) is 9.97 Å². The minimum Gasteiger partial charge on any atom is -0.324 e. The summed E-state index contributed by atoms with van der Waals surface area (Å²) in [5, 5.41) is -0.364. The van der Waals surface area contributed by atoms with Crippen LogP contribution in [0.4, 0.5) is 0 Å². The van der Waals surface area contributed by atoms with E-state index in [2.05, 4.69) is 9.97 Å². The standard InChI is InChI=1S/C7H9N3O3S/c1-14(12,13)7-9-3-2-5(10-7)6(11)4-8/h2-3H,4,8H2,1H3. The van der Waals surface area contributed by atoms with Crippen LogP contribution in [-0.2, 0) is 9.84 Å². The summed E-state index contributed by atoms with van der Waals surface area (Å²) in [5.41, 5.74) is 5.12. The fraction of sp³-hybridized carbons (Fsp3) is 0.286. The molecule has 1 aromatic heterocycles. The van der Waals surface area contributed by atoms with Crippen LogP contribution in [0.15, 0.2) is 17.4 Å². The smallest absolute Gasteiger partial charge is 0.247 e. The van der Waals surface area contributed by atoms with Gasteiger partial charge in [0.25, 0.3) is 0 Å². The number of rotatable bonds is 3. The average molecular weight is 215 g/mol. The molecule has 1 heterocycles. The second-order valence-electron chi connectivity index (χ2n) is 2.62. The Hall–Kier alpha value is -1.34. The second kappa shape index (κ2) is 3.81. The number of sulfone groups is 1. The first kappa shape index (κ1) is 10.7. The number of aromatic nitrogens is 2. The van der Waals surface area contributed by atoms with E-state index < -0.39 is 15.6 Å². The molecule has 0 fully saturated rings. The Morgan fingerprint density at radius 1 is 1.57 bits per heavy atom. The maximum atomic E-state index is 11.1. The molecule has 2 N–H and O–H groups in total. The van der Waals surface area contributed by atoms with E-state index >= 15 is 0 Å². The van der Waals surface area contributed by atoms with E-state index in [1.165, 1.54) is 12.3 Å². The number of carbonyl (C=O) groups excluding carboxylic acids is 1. The van der Waals surface area contributed by atoms with Gasteiger partial charge in [0.2, 0.25) is 15.0 Å². The highest BCUT2D eigenvalue weighted by Crippen LogP contribution is 2.02. The summed E-state index contributed by atoms with van der Waals surface area (Å²) in [6.07, 6.45) is 2.19. The van der Waals surface area contributed by atoms with Gasteiger partial charge in [-0.1, -0.05) is 0 Å². The van der Waals surface area contributed by atoms with Crippen LogP contribution in [0.25, 0.3) is 0 Å². The summed E-state index contributed by atoms with van der Waals surface area (Å²) in [7, 11) is -3.48. The van der Waals surface area contributed by atoms with Gasteiger partial charge >= 0.3 is 0 Å². The fourth-order valence-electron chi connectivity index (χ4n) is 0.779. The zero-order valence-corrected chi connectivity index (χ0v) is 8.28. The molecular formula is C7H9N3O3S. The van der Waals surface area contributed by atoms with Crippen LogP contribution in [0.5, 0.6) is 0 Å². The third kappa shape index (κ3) is 2.33. The van der Waals surface area contributed by atoms with Crippen molar-refractivity contribution in [2.75, 3.05) is 12.8 Å². The number of ketones is 1. The molecule has 0 radical (unpaired) electrons. The maximum Gasteiger partial charge on any atom is 0.247 e. The summed E-state index contributed by atoms with van der Waals surface area (Å²) >= 11 is 0. The number of Topliss-reactive ketones (excluding diaryl/α,β-unsaturated/α-hetero) is 1. The second-order valence-corrected chi connectivity index (χ2v) is 4.53. The molecule has 1 rings (SSSR count). The third-order valence-electron chi connectivity index (χ3n) is 1.44. The Kier molecular flexibility index (Phi) is 2.92. The Bertz CT molecular complexity index is 455. The predicted octanol–water partition coefficient (Wildman–Crippen LogP) is -0.978. The molecule has 0 spiro atoms. The van der Waals surface area contributed by atoms with E-state index in [9.17, 15) is 13.2 Å². The summed E-state index contributed by atoms with van der Waals surface area (Å²) in [6, 6.07) is 1.32. The molecule has 0 amide bonds. The number of nitrogens with two attached hydrogens (primary N) is 1. The minimum absolute atomic E-state index is 0.0166. The highest BCUT2D eigenvalue weighted by molar-refractivity contribution is 7.90. The first-order valence-corrected chi connectivity index (χ1v) is 5.60. The van der Waals surface area contributed by atoms with E-state index in [-0.39, 0.29) is 17.4 Å². The molecule has 0 aliphatic rings. The number of carbonyl (C=O) groups is 1. The molecule has 6 nitrogen and oxygen atoms in total. The topological polar surface area (TPSA) is 103 Å². The van der Waals surface area contributed by atoms with Gasteiger partial charge in [-0.15, -0.1) is 0 Å². The first-order valence-electron chi connectivity index (χ1n) is 3.71. The Morgan fingerprint density at radius 3 is 2.71 bits per heavy atom. The van der Waals surface area contributed by atoms with Gasteiger partial charge in [-0.3, -0.25) is 4.79 Å². The normalized spacial score (nSPS) is 11.3. The highest BCUT2D eigenvalue weighted by atomic mass is 32.2. The molecule has 0 aliphatic carbocycles. The van der Waals surface area contributed by atoms with Crippen molar-refractivity contribution in [3.63, 3.8) is 0 Å². The lowest BCUT2D eigenvalue weighted by Gasteiger charge is -1.99. The van der Waals surface area contributed by atoms with Crippen LogP contribution in [0, 0.1) is 0 Å². The van der Waals surface area contributed by atoms with Crippen molar-refractivity contribution in [2.24, 2.45) is 5.73 Å². The van der Waals surface area contributed by atoms with Gasteiger partial charge < -0.3 is 5.73 Å². The molecule has 0 unspecified atom stereocenters. The summed E-state index contributed by atoms with van der Waals surface area (Å²) in [5.74, 6) is -0.419. The molecule has 0 aliphatic heterocycles. The zero-order chi connectivity index (χ0) is 10.8. The minimum atomic E-state index is -3.48. The van der Waals surface area contributed by atoms with Crippen LogP contribution >= 0.6 is 0 Å². The lowest BCUT2D eigenvalue weighted by Crippen LogP contribution is -2.17. The number of hydrogen-bond donors (Lipinski definition) is 1. The molecule has 0 saturated heterocycles. The number of hydrogen-bond acceptors (Lipinski definition) is 6. The van der Waals surface area contributed by atoms with Crippen molar-refractivity contribution >= 4 is 15.6 Å². The molecule has 14 heavy (non-hydrogen) atoms. The van der Waals surface area contributed by atoms with E-state index in [1.54, 1.807) is 0 Å². The highest BCUT2D eigenvalue weighted by Gasteiger charge is 2.13. The fourth-order valence-corrected chi connectivity index (χ4v) is 1.30. The molecule has 0 saturated carbocycles. The Morgan fingerprint density at radius 2 is 2.21 bits per heavy atom. The van der Waals surface area contributed by atoms with Gasteiger partial charge in [-0.25, -0.2) is 18.4 Å². The van der Waals surface area contributed by atoms with Crippen molar-refractivity contribution in [2.45, 2.75) is 5.16 Å². The third-order valence-corrected chi connectivity index (χ3v) is 2.30. The molecular weight excluding hydrogens is 206 g/mol. The van der Waals surface area contributed by atoms with Gasteiger partial charge in [-0.2, -0.15) is 0 Å². The average Bonchev–Trinajstić information content (AvgIpc) is 2.15. The predicted molar refractivity (Wildman–Crippen MR) is 48.5 cm³/mol. The molecule has 0 bridgehead atoms. The van der Waals surface area contributed by atoms with E-state index in [0.29, 0.717) is 0 Å². The maximum absolute atomic E-state index is 11.1. The van der Waals surface area contributed by atoms with Gasteiger partial charge in [0.05, 0.1) is 6.54 Å².